The first kappa shape index (κ1) is 10.9. The normalized spacial score (nSPS) is 2.25. The first-order chi connectivity index (χ1) is 1.41. The van der Waals surface area contributed by atoms with Crippen LogP contribution in [-0.4, -0.2) is 9.37 Å². The zero-order chi connectivity index (χ0) is 2.71. The van der Waals surface area contributed by atoms with Crippen molar-refractivity contribution < 1.29 is 69.2 Å². The number of hydrogen-bond acceptors (Lipinski definition) is 0. The van der Waals surface area contributed by atoms with Crippen molar-refractivity contribution >= 4 is 9.37 Å². The summed E-state index contributed by atoms with van der Waals surface area (Å²) < 4.78 is 0. The Morgan fingerprint density at radius 3 is 1.75 bits per heavy atom. The van der Waals surface area contributed by atoms with E-state index in [9.17, 15) is 0 Å². The topological polar surface area (TPSA) is 0 Å². The third-order valence-electron chi connectivity index (χ3n) is 0. The summed E-state index contributed by atoms with van der Waals surface area (Å²) in [5.41, 5.74) is 0. The summed E-state index contributed by atoms with van der Waals surface area (Å²) in [6, 6.07) is 0. The van der Waals surface area contributed by atoms with Gasteiger partial charge in [0.2, 0.25) is 0 Å². The third kappa shape index (κ3) is 9.41. The maximum atomic E-state index is 2.45. The SMILES string of the molecule is [Cu].[Li][Ra][Ra]. The van der Waals surface area contributed by atoms with Crippen LogP contribution in [0.3, 0.4) is 0 Å². The molecule has 0 saturated carbocycles. The van der Waals surface area contributed by atoms with Crippen LogP contribution < -0.4 is 0 Å². The molecule has 2 radical (unpaired) electrons. The van der Waals surface area contributed by atoms with E-state index in [4.69, 9.17) is 0 Å². The molecule has 0 N–H and O–H groups in total. The van der Waals surface area contributed by atoms with Crippen LogP contribution in [-0.2, 0) is 17.1 Å². The fourth-order valence-electron chi connectivity index (χ4n) is 0. The third-order valence-corrected chi connectivity index (χ3v) is 0. The van der Waals surface area contributed by atoms with E-state index in [1.807, 2.05) is 0 Å². The summed E-state index contributed by atoms with van der Waals surface area (Å²) in [5.74, 6) is 0. The molecule has 0 aromatic rings. The predicted molar refractivity (Wildman–Crippen MR) is 5.75 cm³/mol. The Morgan fingerprint density at radius 1 is 1.75 bits per heavy atom. The van der Waals surface area contributed by atoms with Gasteiger partial charge in [-0.05, 0) is 0 Å². The molecule has 0 fully saturated rings. The summed E-state index contributed by atoms with van der Waals surface area (Å²) in [6.45, 7) is 0. The predicted octanol–water partition coefficient (Wildman–Crippen LogP) is -0.383. The maximum absolute atomic E-state index is 2.45. The van der Waals surface area contributed by atoms with Crippen LogP contribution in [0.4, 0.5) is 0 Å². The second-order valence-corrected chi connectivity index (χ2v) is 42.5. The monoisotopic (exact) mass is 522 g/mol. The van der Waals surface area contributed by atoms with Crippen molar-refractivity contribution in [1.29, 1.82) is 0 Å². The van der Waals surface area contributed by atoms with Gasteiger partial charge in [-0.25, -0.2) is 0 Å². The van der Waals surface area contributed by atoms with Crippen molar-refractivity contribution in [3.8, 4) is 0 Å². The van der Waals surface area contributed by atoms with Crippen LogP contribution in [0.15, 0.2) is 0 Å². The molecule has 4 heteroatoms. The van der Waals surface area contributed by atoms with Crippen molar-refractivity contribution in [2.45, 2.75) is 0 Å². The second-order valence-electron chi connectivity index (χ2n) is 0.500. The van der Waals surface area contributed by atoms with Gasteiger partial charge in [0.1, 0.15) is 0 Å². The quantitative estimate of drug-likeness (QED) is 0.381. The van der Waals surface area contributed by atoms with Crippen LogP contribution in [0, 0.1) is 52.1 Å². The summed E-state index contributed by atoms with van der Waals surface area (Å²) in [7, 11) is 2.45. The van der Waals surface area contributed by atoms with Crippen LogP contribution in [0.5, 0.6) is 0 Å². The Bertz CT molecular complexity index is 6.00. The Labute approximate surface area is 74.8 Å². The molecule has 0 heterocycles. The van der Waals surface area contributed by atoms with E-state index in [2.05, 4.69) is 9.37 Å². The first-order valence-electron chi connectivity index (χ1n) is 1.21. The Morgan fingerprint density at radius 2 is 1.75 bits per heavy atom. The van der Waals surface area contributed by atoms with Crippen molar-refractivity contribution in [2.24, 2.45) is 0 Å². The second kappa shape index (κ2) is 10.1. The van der Waals surface area contributed by atoms with E-state index < -0.39 is 0 Å². The zero-order valence-electron chi connectivity index (χ0n) is 2.72. The molecule has 16 valence electrons. The van der Waals surface area contributed by atoms with Crippen LogP contribution in [0.1, 0.15) is 0 Å². The van der Waals surface area contributed by atoms with E-state index in [1.165, 1.54) is 29.1 Å². The number of rotatable bonds is 0. The first-order valence-corrected chi connectivity index (χ1v) is 49.0. The fraction of sp³-hybridized carbons (Fsp3) is 0. The zero-order valence-corrected chi connectivity index (χ0v) is 15.3. The average molecular weight is 522 g/mol. The van der Waals surface area contributed by atoms with Gasteiger partial charge in [-0.2, -0.15) is 0 Å². The van der Waals surface area contributed by atoms with E-state index in [0.717, 1.165) is 0 Å². The molecule has 0 aliphatic rings. The summed E-state index contributed by atoms with van der Waals surface area (Å²) >= 11 is 1.30. The minimum absolute atomic E-state index is 0. The van der Waals surface area contributed by atoms with E-state index in [0.29, 0.717) is 0 Å². The molecule has 0 bridgehead atoms. The molecular weight excluding hydrogens is 522 g/mol. The molecule has 0 aliphatic heterocycles. The van der Waals surface area contributed by atoms with Gasteiger partial charge in [0, 0.05) is 17.1 Å². The van der Waals surface area contributed by atoms with Crippen molar-refractivity contribution in [3.63, 3.8) is 0 Å². The van der Waals surface area contributed by atoms with Gasteiger partial charge in [0.15, 0.2) is 0 Å². The van der Waals surface area contributed by atoms with E-state index in [-0.39, 0.29) is 40.1 Å². The summed E-state index contributed by atoms with van der Waals surface area (Å²) in [4.78, 5) is 0. The average Bonchev–Trinajstić information content (AvgIpc) is 0.918. The van der Waals surface area contributed by atoms with Gasteiger partial charge in [0.25, 0.3) is 0 Å². The van der Waals surface area contributed by atoms with Crippen molar-refractivity contribution in [3.05, 3.63) is 0 Å². The molecule has 0 unspecified atom stereocenters. The Kier molecular flexibility index (Phi) is 27.7. The molecule has 0 amide bonds. The van der Waals surface area contributed by atoms with Gasteiger partial charge < -0.3 is 0 Å². The molecular formula is CuLiRa2. The molecule has 0 aromatic carbocycles. The van der Waals surface area contributed by atoms with Crippen LogP contribution in [0.25, 0.3) is 0 Å². The van der Waals surface area contributed by atoms with Crippen molar-refractivity contribution in [1.82, 2.24) is 0 Å². The van der Waals surface area contributed by atoms with Gasteiger partial charge in [-0.3, -0.25) is 0 Å². The molecule has 4 heavy (non-hydrogen) atoms. The minimum atomic E-state index is 0. The molecule has 0 nitrogen and oxygen atoms in total. The van der Waals surface area contributed by atoms with Gasteiger partial charge in [-0.1, -0.05) is 0 Å². The van der Waals surface area contributed by atoms with Crippen molar-refractivity contribution in [2.75, 3.05) is 0 Å². The molecule has 0 atom stereocenters. The molecule has 0 rings (SSSR count). The number of hydrogen-bond donors (Lipinski definition) is 0. The van der Waals surface area contributed by atoms with Gasteiger partial charge >= 0.3 is 61.5 Å². The molecule has 0 saturated heterocycles. The standard InChI is InChI=1S/Cu.Li.2Ra. The molecule has 0 aliphatic carbocycles. The van der Waals surface area contributed by atoms with Crippen LogP contribution >= 0.6 is 0 Å². The Hall–Kier alpha value is 4.05. The summed E-state index contributed by atoms with van der Waals surface area (Å²) in [6.07, 6.45) is 0. The van der Waals surface area contributed by atoms with Crippen LogP contribution in [0.2, 0.25) is 0 Å². The Balaban J connectivity index is 0. The molecule has 0 spiro atoms. The molecule has 0 aromatic heterocycles. The van der Waals surface area contributed by atoms with Gasteiger partial charge in [-0.15, -0.1) is 0 Å². The summed E-state index contributed by atoms with van der Waals surface area (Å²) in [5, 5.41) is 0. The fourth-order valence-corrected chi connectivity index (χ4v) is 0. The van der Waals surface area contributed by atoms with E-state index >= 15 is 0 Å². The van der Waals surface area contributed by atoms with Gasteiger partial charge in [0.05, 0.1) is 0 Å². The van der Waals surface area contributed by atoms with E-state index in [1.54, 1.807) is 0 Å².